The Morgan fingerprint density at radius 3 is 2.75 bits per heavy atom. The molecule has 0 unspecified atom stereocenters. The van der Waals surface area contributed by atoms with Gasteiger partial charge in [-0.25, -0.2) is 0 Å². The van der Waals surface area contributed by atoms with Crippen molar-refractivity contribution in [2.24, 2.45) is 0 Å². The summed E-state index contributed by atoms with van der Waals surface area (Å²) in [6.07, 6.45) is 1.89. The van der Waals surface area contributed by atoms with Crippen LogP contribution in [0.2, 0.25) is 0 Å². The van der Waals surface area contributed by atoms with E-state index in [1.165, 1.54) is 7.11 Å². The molecule has 0 spiro atoms. The quantitative estimate of drug-likeness (QED) is 0.613. The van der Waals surface area contributed by atoms with Crippen LogP contribution in [-0.2, 0) is 6.54 Å². The molecule has 0 N–H and O–H groups in total. The smallest absolute Gasteiger partial charge is 0.311 e. The zero-order chi connectivity index (χ0) is 17.1. The molecule has 0 atom stereocenters. The standard InChI is InChI=1S/C16H20N4O4/c1-11-17-16(24-18-11)13-5-7-19(8-6-13)10-12-3-4-15(23-2)14(9-12)20(21)22/h3-4,9,13H,5-8,10H2,1-2H3. The molecule has 0 radical (unpaired) electrons. The molecule has 8 heteroatoms. The van der Waals surface area contributed by atoms with Crippen molar-refractivity contribution in [1.82, 2.24) is 15.0 Å². The van der Waals surface area contributed by atoms with Crippen molar-refractivity contribution in [3.05, 3.63) is 45.6 Å². The second kappa shape index (κ2) is 6.96. The van der Waals surface area contributed by atoms with Crippen LogP contribution in [0.25, 0.3) is 0 Å². The third-order valence-electron chi connectivity index (χ3n) is 4.33. The molecule has 1 aliphatic rings. The minimum Gasteiger partial charge on any atom is -0.490 e. The average molecular weight is 332 g/mol. The molecule has 1 fully saturated rings. The number of hydrogen-bond donors (Lipinski definition) is 0. The Labute approximate surface area is 139 Å². The Kier molecular flexibility index (Phi) is 4.75. The fourth-order valence-electron chi connectivity index (χ4n) is 3.05. The molecule has 1 aromatic carbocycles. The number of aryl methyl sites for hydroxylation is 1. The summed E-state index contributed by atoms with van der Waals surface area (Å²) in [6, 6.07) is 5.12. The van der Waals surface area contributed by atoms with E-state index in [0.717, 1.165) is 31.5 Å². The van der Waals surface area contributed by atoms with Gasteiger partial charge in [0.25, 0.3) is 0 Å². The third-order valence-corrected chi connectivity index (χ3v) is 4.33. The summed E-state index contributed by atoms with van der Waals surface area (Å²) < 4.78 is 10.3. The number of nitro groups is 1. The molecule has 0 amide bonds. The molecule has 128 valence electrons. The number of nitro benzene ring substituents is 1. The summed E-state index contributed by atoms with van der Waals surface area (Å²) in [6.45, 7) is 4.29. The van der Waals surface area contributed by atoms with Crippen molar-refractivity contribution in [3.63, 3.8) is 0 Å². The van der Waals surface area contributed by atoms with Crippen LogP contribution in [0.5, 0.6) is 5.75 Å². The molecule has 2 aromatic rings. The minimum atomic E-state index is -0.410. The zero-order valence-electron chi connectivity index (χ0n) is 13.8. The first-order chi connectivity index (χ1) is 11.6. The van der Waals surface area contributed by atoms with Crippen molar-refractivity contribution in [2.75, 3.05) is 20.2 Å². The van der Waals surface area contributed by atoms with E-state index in [1.807, 2.05) is 13.0 Å². The fourth-order valence-corrected chi connectivity index (χ4v) is 3.05. The Balaban J connectivity index is 1.62. The van der Waals surface area contributed by atoms with Crippen LogP contribution >= 0.6 is 0 Å². The number of ether oxygens (including phenoxy) is 1. The summed E-state index contributed by atoms with van der Waals surface area (Å²) >= 11 is 0. The van der Waals surface area contributed by atoms with Gasteiger partial charge in [0.05, 0.1) is 12.0 Å². The van der Waals surface area contributed by atoms with E-state index in [4.69, 9.17) is 9.26 Å². The largest absolute Gasteiger partial charge is 0.490 e. The van der Waals surface area contributed by atoms with E-state index >= 15 is 0 Å². The summed E-state index contributed by atoms with van der Waals surface area (Å²) in [5.74, 6) is 1.96. The highest BCUT2D eigenvalue weighted by molar-refractivity contribution is 5.48. The van der Waals surface area contributed by atoms with Crippen molar-refractivity contribution in [1.29, 1.82) is 0 Å². The van der Waals surface area contributed by atoms with Gasteiger partial charge in [-0.15, -0.1) is 0 Å². The van der Waals surface area contributed by atoms with Crippen LogP contribution in [0.3, 0.4) is 0 Å². The molecular weight excluding hydrogens is 312 g/mol. The lowest BCUT2D eigenvalue weighted by molar-refractivity contribution is -0.385. The van der Waals surface area contributed by atoms with Gasteiger partial charge in [0.15, 0.2) is 11.6 Å². The topological polar surface area (TPSA) is 94.5 Å². The van der Waals surface area contributed by atoms with Crippen molar-refractivity contribution < 1.29 is 14.2 Å². The summed E-state index contributed by atoms with van der Waals surface area (Å²) in [7, 11) is 1.44. The molecular formula is C16H20N4O4. The first-order valence-electron chi connectivity index (χ1n) is 7.90. The predicted molar refractivity (Wildman–Crippen MR) is 85.9 cm³/mol. The highest BCUT2D eigenvalue weighted by Crippen LogP contribution is 2.30. The first-order valence-corrected chi connectivity index (χ1v) is 7.90. The Hall–Kier alpha value is -2.48. The SMILES string of the molecule is COc1ccc(CN2CCC(c3nc(C)no3)CC2)cc1[N+](=O)[O-]. The van der Waals surface area contributed by atoms with Crippen LogP contribution in [0.1, 0.15) is 36.0 Å². The summed E-state index contributed by atoms with van der Waals surface area (Å²) in [4.78, 5) is 17.3. The van der Waals surface area contributed by atoms with Crippen LogP contribution in [-0.4, -0.2) is 40.2 Å². The second-order valence-electron chi connectivity index (χ2n) is 5.99. The zero-order valence-corrected chi connectivity index (χ0v) is 13.8. The molecule has 0 aliphatic carbocycles. The van der Waals surface area contributed by atoms with Gasteiger partial charge in [-0.3, -0.25) is 15.0 Å². The van der Waals surface area contributed by atoms with Crippen LogP contribution in [0.4, 0.5) is 5.69 Å². The monoisotopic (exact) mass is 332 g/mol. The maximum absolute atomic E-state index is 11.1. The van der Waals surface area contributed by atoms with Crippen molar-refractivity contribution in [2.45, 2.75) is 32.2 Å². The molecule has 24 heavy (non-hydrogen) atoms. The number of rotatable bonds is 5. The third kappa shape index (κ3) is 3.53. The van der Waals surface area contributed by atoms with Crippen LogP contribution in [0.15, 0.2) is 22.7 Å². The van der Waals surface area contributed by atoms with E-state index in [1.54, 1.807) is 12.1 Å². The van der Waals surface area contributed by atoms with E-state index in [2.05, 4.69) is 15.0 Å². The van der Waals surface area contributed by atoms with Crippen molar-refractivity contribution in [3.8, 4) is 5.75 Å². The van der Waals surface area contributed by atoms with Gasteiger partial charge in [-0.1, -0.05) is 11.2 Å². The average Bonchev–Trinajstić information content (AvgIpc) is 3.02. The van der Waals surface area contributed by atoms with Gasteiger partial charge in [0, 0.05) is 18.5 Å². The van der Waals surface area contributed by atoms with Gasteiger partial charge < -0.3 is 9.26 Å². The number of hydrogen-bond acceptors (Lipinski definition) is 7. The molecule has 1 aliphatic heterocycles. The maximum Gasteiger partial charge on any atom is 0.311 e. The normalized spacial score (nSPS) is 16.2. The maximum atomic E-state index is 11.1. The molecule has 3 rings (SSSR count). The molecule has 0 bridgehead atoms. The Morgan fingerprint density at radius 2 is 2.17 bits per heavy atom. The lowest BCUT2D eigenvalue weighted by Gasteiger charge is -2.30. The summed E-state index contributed by atoms with van der Waals surface area (Å²) in [5, 5.41) is 15.0. The second-order valence-corrected chi connectivity index (χ2v) is 5.99. The minimum absolute atomic E-state index is 0.00576. The van der Waals surface area contributed by atoms with Gasteiger partial charge in [0.2, 0.25) is 5.89 Å². The molecule has 0 saturated carbocycles. The number of likely N-dealkylation sites (tertiary alicyclic amines) is 1. The van der Waals surface area contributed by atoms with Gasteiger partial charge in [-0.05, 0) is 44.5 Å². The van der Waals surface area contributed by atoms with Crippen LogP contribution < -0.4 is 4.74 Å². The van der Waals surface area contributed by atoms with Gasteiger partial charge in [0.1, 0.15) is 0 Å². The molecule has 1 aromatic heterocycles. The van der Waals surface area contributed by atoms with Gasteiger partial charge >= 0.3 is 5.69 Å². The number of aromatic nitrogens is 2. The summed E-state index contributed by atoms with van der Waals surface area (Å²) in [5.41, 5.74) is 0.917. The lowest BCUT2D eigenvalue weighted by Crippen LogP contribution is -2.32. The number of piperidine rings is 1. The number of benzene rings is 1. The highest BCUT2D eigenvalue weighted by atomic mass is 16.6. The molecule has 8 nitrogen and oxygen atoms in total. The highest BCUT2D eigenvalue weighted by Gasteiger charge is 2.25. The van der Waals surface area contributed by atoms with E-state index in [-0.39, 0.29) is 11.4 Å². The number of nitrogens with zero attached hydrogens (tertiary/aromatic N) is 4. The molecule has 1 saturated heterocycles. The predicted octanol–water partition coefficient (Wildman–Crippen LogP) is 2.67. The number of methoxy groups -OCH3 is 1. The first kappa shape index (κ1) is 16.4. The van der Waals surface area contributed by atoms with E-state index in [9.17, 15) is 10.1 Å². The van der Waals surface area contributed by atoms with Crippen molar-refractivity contribution >= 4 is 5.69 Å². The van der Waals surface area contributed by atoms with E-state index in [0.29, 0.717) is 24.2 Å². The Morgan fingerprint density at radius 1 is 1.42 bits per heavy atom. The van der Waals surface area contributed by atoms with E-state index < -0.39 is 4.92 Å². The lowest BCUT2D eigenvalue weighted by atomic mass is 9.96. The van der Waals surface area contributed by atoms with Gasteiger partial charge in [-0.2, -0.15) is 4.98 Å². The fraction of sp³-hybridized carbons (Fsp3) is 0.500. The van der Waals surface area contributed by atoms with Crippen LogP contribution in [0, 0.1) is 17.0 Å². The molecule has 2 heterocycles. The Bertz CT molecular complexity index is 723.